The van der Waals surface area contributed by atoms with E-state index in [4.69, 9.17) is 10.00 Å². The van der Waals surface area contributed by atoms with Gasteiger partial charge in [-0.1, -0.05) is 0 Å². The first-order valence-corrected chi connectivity index (χ1v) is 6.62. The number of nitrogens with zero attached hydrogens (tertiary/aromatic N) is 1. The lowest BCUT2D eigenvalue weighted by Gasteiger charge is -2.10. The normalized spacial score (nSPS) is 10.1. The number of halogens is 4. The van der Waals surface area contributed by atoms with Crippen molar-refractivity contribution in [3.05, 3.63) is 56.5 Å². The fourth-order valence-corrected chi connectivity index (χ4v) is 2.11. The van der Waals surface area contributed by atoms with Gasteiger partial charge in [0.05, 0.1) is 14.5 Å². The molecule has 2 aromatic rings. The van der Waals surface area contributed by atoms with Gasteiger partial charge in [0.1, 0.15) is 17.6 Å². The summed E-state index contributed by atoms with van der Waals surface area (Å²) in [6, 6.07) is 8.41. The molecule has 0 bridgehead atoms. The molecular formula is C13H5Br2F2NO. The average Bonchev–Trinajstić information content (AvgIpc) is 2.39. The maximum atomic E-state index is 13.9. The summed E-state index contributed by atoms with van der Waals surface area (Å²) < 4.78 is 32.8. The fourth-order valence-electron chi connectivity index (χ4n) is 1.37. The third-order valence-corrected chi connectivity index (χ3v) is 3.71. The van der Waals surface area contributed by atoms with Crippen LogP contribution in [0.5, 0.6) is 11.5 Å². The van der Waals surface area contributed by atoms with Crippen LogP contribution in [0.25, 0.3) is 0 Å². The van der Waals surface area contributed by atoms with E-state index in [0.717, 1.165) is 6.07 Å². The Balaban J connectivity index is 2.42. The Morgan fingerprint density at radius 1 is 1.05 bits per heavy atom. The Bertz CT molecular complexity index is 683. The Morgan fingerprint density at radius 3 is 2.47 bits per heavy atom. The third kappa shape index (κ3) is 2.94. The van der Waals surface area contributed by atoms with Gasteiger partial charge in [0.2, 0.25) is 0 Å². The number of benzene rings is 2. The van der Waals surface area contributed by atoms with E-state index in [2.05, 4.69) is 31.9 Å². The van der Waals surface area contributed by atoms with Crippen LogP contribution in [0.1, 0.15) is 5.56 Å². The molecule has 19 heavy (non-hydrogen) atoms. The van der Waals surface area contributed by atoms with E-state index < -0.39 is 11.6 Å². The first kappa shape index (κ1) is 14.0. The Labute approximate surface area is 124 Å². The summed E-state index contributed by atoms with van der Waals surface area (Å²) in [6.45, 7) is 0. The summed E-state index contributed by atoms with van der Waals surface area (Å²) in [4.78, 5) is 0. The zero-order chi connectivity index (χ0) is 14.0. The molecule has 96 valence electrons. The van der Waals surface area contributed by atoms with Crippen LogP contribution in [0.3, 0.4) is 0 Å². The highest BCUT2D eigenvalue weighted by Gasteiger charge is 2.14. The summed E-state index contributed by atoms with van der Waals surface area (Å²) >= 11 is 6.16. The molecule has 0 aromatic heterocycles. The van der Waals surface area contributed by atoms with Gasteiger partial charge in [-0.25, -0.2) is 8.78 Å². The smallest absolute Gasteiger partial charge is 0.181 e. The maximum absolute atomic E-state index is 13.9. The van der Waals surface area contributed by atoms with Gasteiger partial charge >= 0.3 is 0 Å². The van der Waals surface area contributed by atoms with Crippen LogP contribution in [0.2, 0.25) is 0 Å². The van der Waals surface area contributed by atoms with Crippen LogP contribution in [-0.4, -0.2) is 0 Å². The van der Waals surface area contributed by atoms with Gasteiger partial charge in [-0.15, -0.1) is 0 Å². The zero-order valence-electron chi connectivity index (χ0n) is 9.25. The summed E-state index contributed by atoms with van der Waals surface area (Å²) in [5, 5.41) is 8.76. The van der Waals surface area contributed by atoms with Gasteiger partial charge in [0, 0.05) is 6.07 Å². The molecular weight excluding hydrogens is 384 g/mol. The minimum Gasteiger partial charge on any atom is -0.453 e. The number of hydrogen-bond donors (Lipinski definition) is 0. The molecule has 0 unspecified atom stereocenters. The highest BCUT2D eigenvalue weighted by atomic mass is 79.9. The SMILES string of the molecule is N#Cc1ccc(Oc2cc(F)ccc2Br)c(F)c1Br. The van der Waals surface area contributed by atoms with E-state index in [1.807, 2.05) is 6.07 Å². The van der Waals surface area contributed by atoms with Crippen molar-refractivity contribution < 1.29 is 13.5 Å². The average molecular weight is 389 g/mol. The van der Waals surface area contributed by atoms with Crippen LogP contribution in [0, 0.1) is 23.0 Å². The van der Waals surface area contributed by atoms with Crippen molar-refractivity contribution >= 4 is 31.9 Å². The lowest BCUT2D eigenvalue weighted by atomic mass is 10.2. The summed E-state index contributed by atoms with van der Waals surface area (Å²) in [5.41, 5.74) is 0.156. The van der Waals surface area contributed by atoms with E-state index in [0.29, 0.717) is 4.47 Å². The quantitative estimate of drug-likeness (QED) is 0.712. The molecule has 0 aliphatic rings. The van der Waals surface area contributed by atoms with Crippen molar-refractivity contribution in [2.45, 2.75) is 0 Å². The second-order valence-electron chi connectivity index (χ2n) is 3.53. The van der Waals surface area contributed by atoms with Crippen LogP contribution >= 0.6 is 31.9 Å². The molecule has 0 saturated heterocycles. The van der Waals surface area contributed by atoms with Gasteiger partial charge in [-0.05, 0) is 56.1 Å². The molecule has 0 radical (unpaired) electrons. The van der Waals surface area contributed by atoms with Crippen LogP contribution in [0.4, 0.5) is 8.78 Å². The monoisotopic (exact) mass is 387 g/mol. The van der Waals surface area contributed by atoms with Gasteiger partial charge in [0.25, 0.3) is 0 Å². The minimum atomic E-state index is -0.713. The first-order valence-electron chi connectivity index (χ1n) is 5.04. The summed E-state index contributed by atoms with van der Waals surface area (Å²) in [5.74, 6) is -1.16. The van der Waals surface area contributed by atoms with Gasteiger partial charge in [-0.3, -0.25) is 0 Å². The number of ether oxygens (including phenoxy) is 1. The van der Waals surface area contributed by atoms with E-state index >= 15 is 0 Å². The summed E-state index contributed by atoms with van der Waals surface area (Å²) in [6.07, 6.45) is 0. The standard InChI is InChI=1S/C13H5Br2F2NO/c14-9-3-2-8(16)5-11(9)19-10-4-1-7(6-18)12(15)13(10)17/h1-5H. The number of nitriles is 1. The molecule has 0 heterocycles. The number of hydrogen-bond acceptors (Lipinski definition) is 2. The molecule has 2 nitrogen and oxygen atoms in total. The van der Waals surface area contributed by atoms with E-state index in [1.165, 1.54) is 24.3 Å². The highest BCUT2D eigenvalue weighted by molar-refractivity contribution is 9.10. The van der Waals surface area contributed by atoms with Crippen LogP contribution < -0.4 is 4.74 Å². The largest absolute Gasteiger partial charge is 0.453 e. The predicted octanol–water partition coefficient (Wildman–Crippen LogP) is 5.15. The summed E-state index contributed by atoms with van der Waals surface area (Å²) in [7, 11) is 0. The molecule has 0 aliphatic carbocycles. The molecule has 0 saturated carbocycles. The second-order valence-corrected chi connectivity index (χ2v) is 5.18. The third-order valence-electron chi connectivity index (χ3n) is 2.28. The Morgan fingerprint density at radius 2 is 1.79 bits per heavy atom. The van der Waals surface area contributed by atoms with E-state index in [-0.39, 0.29) is 21.5 Å². The van der Waals surface area contributed by atoms with Crippen molar-refractivity contribution in [3.63, 3.8) is 0 Å². The molecule has 0 amide bonds. The van der Waals surface area contributed by atoms with Crippen molar-refractivity contribution in [2.75, 3.05) is 0 Å². The van der Waals surface area contributed by atoms with Gasteiger partial charge in [0.15, 0.2) is 11.6 Å². The van der Waals surface area contributed by atoms with Gasteiger partial charge in [-0.2, -0.15) is 5.26 Å². The van der Waals surface area contributed by atoms with Gasteiger partial charge < -0.3 is 4.74 Å². The van der Waals surface area contributed by atoms with E-state index in [1.54, 1.807) is 0 Å². The molecule has 0 atom stereocenters. The maximum Gasteiger partial charge on any atom is 0.181 e. The van der Waals surface area contributed by atoms with Crippen LogP contribution in [0.15, 0.2) is 39.3 Å². The molecule has 2 aromatic carbocycles. The van der Waals surface area contributed by atoms with Crippen LogP contribution in [-0.2, 0) is 0 Å². The zero-order valence-corrected chi connectivity index (χ0v) is 12.4. The number of rotatable bonds is 2. The van der Waals surface area contributed by atoms with Crippen molar-refractivity contribution in [3.8, 4) is 17.6 Å². The predicted molar refractivity (Wildman–Crippen MR) is 73.0 cm³/mol. The van der Waals surface area contributed by atoms with Crippen molar-refractivity contribution in [2.24, 2.45) is 0 Å². The molecule has 0 spiro atoms. The van der Waals surface area contributed by atoms with Crippen molar-refractivity contribution in [1.29, 1.82) is 5.26 Å². The first-order chi connectivity index (χ1) is 9.02. The van der Waals surface area contributed by atoms with E-state index in [9.17, 15) is 8.78 Å². The minimum absolute atomic E-state index is 0.0139. The van der Waals surface area contributed by atoms with Crippen molar-refractivity contribution in [1.82, 2.24) is 0 Å². The molecule has 0 aliphatic heterocycles. The highest BCUT2D eigenvalue weighted by Crippen LogP contribution is 2.34. The molecule has 2 rings (SSSR count). The fraction of sp³-hybridized carbons (Fsp3) is 0. The Kier molecular flexibility index (Phi) is 4.17. The molecule has 0 fully saturated rings. The topological polar surface area (TPSA) is 33.0 Å². The Hall–Kier alpha value is -1.45. The lowest BCUT2D eigenvalue weighted by Crippen LogP contribution is -1.93. The second kappa shape index (κ2) is 5.68. The lowest BCUT2D eigenvalue weighted by molar-refractivity contribution is 0.434. The molecule has 6 heteroatoms. The molecule has 0 N–H and O–H groups in total.